The highest BCUT2D eigenvalue weighted by atomic mass is 19.4. The van der Waals surface area contributed by atoms with Gasteiger partial charge in [0.2, 0.25) is 0 Å². The maximum Gasteiger partial charge on any atom is 0.460 e. The van der Waals surface area contributed by atoms with Crippen LogP contribution in [-0.2, 0) is 16.0 Å². The molecule has 0 heterocycles. The number of amides is 2. The Morgan fingerprint density at radius 2 is 1.09 bits per heavy atom. The van der Waals surface area contributed by atoms with Crippen molar-refractivity contribution in [3.05, 3.63) is 59.7 Å². The average molecular weight is 701 g/mol. The van der Waals surface area contributed by atoms with Crippen LogP contribution in [0.2, 0.25) is 0 Å². The van der Waals surface area contributed by atoms with E-state index in [1.807, 2.05) is 12.2 Å². The largest absolute Gasteiger partial charge is 0.460 e. The van der Waals surface area contributed by atoms with E-state index in [1.54, 1.807) is 31.2 Å². The monoisotopic (exact) mass is 701 g/mol. The minimum absolute atomic E-state index is 0.0598. The molecule has 2 rings (SSSR count). The Kier molecular flexibility index (Phi) is 11.8. The van der Waals surface area contributed by atoms with E-state index in [1.165, 1.54) is 24.3 Å². The molecule has 0 saturated carbocycles. The van der Waals surface area contributed by atoms with Gasteiger partial charge in [-0.1, -0.05) is 36.3 Å². The lowest BCUT2D eigenvalue weighted by molar-refractivity contribution is -0.440. The van der Waals surface area contributed by atoms with Crippen LogP contribution in [0, 0.1) is 0 Å². The van der Waals surface area contributed by atoms with Gasteiger partial charge in [0.25, 0.3) is 0 Å². The summed E-state index contributed by atoms with van der Waals surface area (Å²) in [5.74, 6) is -37.6. The molecule has 0 aliphatic rings. The summed E-state index contributed by atoms with van der Waals surface area (Å²) in [5, 5.41) is 8.03. The normalized spacial score (nSPS) is 13.6. The first-order valence-corrected chi connectivity index (χ1v) is 13.0. The summed E-state index contributed by atoms with van der Waals surface area (Å²) in [6.45, 7) is 1.62. The second kappa shape index (κ2) is 14.2. The quantitative estimate of drug-likeness (QED) is 0.0944. The molecule has 2 aromatic carbocycles. The SMILES string of the molecule is CC/C(C)=N/OC(=O)Nc1ccc(Cc2ccc(NC(=O)OCCC(F)(F)C(F)(F)C(F)(F)C(F)(F)C(F)(F)C(F)(F)F)cc2)cc1. The van der Waals surface area contributed by atoms with Crippen molar-refractivity contribution in [2.75, 3.05) is 17.2 Å². The Hall–Kier alpha value is -4.26. The Morgan fingerprint density at radius 3 is 1.51 bits per heavy atom. The van der Waals surface area contributed by atoms with Crippen LogP contribution in [-0.4, -0.2) is 60.3 Å². The number of benzene rings is 2. The molecule has 0 spiro atoms. The highest BCUT2D eigenvalue weighted by Crippen LogP contribution is 2.60. The number of oxime groups is 1. The molecule has 7 nitrogen and oxygen atoms in total. The predicted octanol–water partition coefficient (Wildman–Crippen LogP) is 9.29. The maximum atomic E-state index is 13.8. The predicted molar refractivity (Wildman–Crippen MR) is 140 cm³/mol. The Bertz CT molecular complexity index is 1410. The van der Waals surface area contributed by atoms with Crippen molar-refractivity contribution in [1.82, 2.24) is 0 Å². The number of anilines is 2. The summed E-state index contributed by atoms with van der Waals surface area (Å²) in [6.07, 6.45) is -11.7. The lowest BCUT2D eigenvalue weighted by atomic mass is 9.93. The number of alkyl halides is 13. The van der Waals surface area contributed by atoms with E-state index in [0.717, 1.165) is 5.56 Å². The minimum Gasteiger partial charge on any atom is -0.449 e. The summed E-state index contributed by atoms with van der Waals surface area (Å²) in [5.41, 5.74) is 2.36. The van der Waals surface area contributed by atoms with Gasteiger partial charge >= 0.3 is 48.0 Å². The van der Waals surface area contributed by atoms with E-state index in [2.05, 4.69) is 20.0 Å². The molecule has 0 fully saturated rings. The molecule has 0 saturated heterocycles. The van der Waals surface area contributed by atoms with Crippen molar-refractivity contribution >= 4 is 29.3 Å². The van der Waals surface area contributed by atoms with Crippen LogP contribution in [0.3, 0.4) is 0 Å². The van der Waals surface area contributed by atoms with Gasteiger partial charge in [0.1, 0.15) is 0 Å². The number of hydrogen-bond acceptors (Lipinski definition) is 5. The van der Waals surface area contributed by atoms with E-state index in [4.69, 9.17) is 0 Å². The van der Waals surface area contributed by atoms with Crippen molar-refractivity contribution in [2.24, 2.45) is 5.16 Å². The fourth-order valence-electron chi connectivity index (χ4n) is 3.36. The molecule has 0 aliphatic carbocycles. The molecule has 47 heavy (non-hydrogen) atoms. The highest BCUT2D eigenvalue weighted by Gasteiger charge is 2.90. The number of carbonyl (C=O) groups is 2. The van der Waals surface area contributed by atoms with Gasteiger partial charge < -0.3 is 4.74 Å². The molecule has 2 N–H and O–H groups in total. The molecular weight excluding hydrogens is 677 g/mol. The molecule has 0 radical (unpaired) electrons. The van der Waals surface area contributed by atoms with Gasteiger partial charge in [0, 0.05) is 11.4 Å². The summed E-state index contributed by atoms with van der Waals surface area (Å²) < 4.78 is 175. The number of rotatable bonds is 13. The molecule has 0 bridgehead atoms. The van der Waals surface area contributed by atoms with Crippen molar-refractivity contribution in [1.29, 1.82) is 0 Å². The molecule has 20 heteroatoms. The fourth-order valence-corrected chi connectivity index (χ4v) is 3.36. The maximum absolute atomic E-state index is 13.8. The van der Waals surface area contributed by atoms with Gasteiger partial charge in [-0.25, -0.2) is 9.59 Å². The van der Waals surface area contributed by atoms with Crippen molar-refractivity contribution in [3.8, 4) is 0 Å². The lowest BCUT2D eigenvalue weighted by Gasteiger charge is -2.39. The summed E-state index contributed by atoms with van der Waals surface area (Å²) in [4.78, 5) is 28.2. The number of hydrogen-bond donors (Lipinski definition) is 2. The standard InChI is InChI=1S/C27H24F13N3O4/c1-3-15(2)43-47-21(45)42-19-10-6-17(7-11-19)14-16-4-8-18(9-5-16)41-20(44)46-13-12-22(28,29)23(30,31)24(32,33)25(34,35)26(36,37)27(38,39)40/h4-11H,3,12-14H2,1-2H3,(H,41,44)(H,42,45)/b43-15+. The van der Waals surface area contributed by atoms with Crippen LogP contribution >= 0.6 is 0 Å². The van der Waals surface area contributed by atoms with Crippen molar-refractivity contribution < 1.29 is 76.2 Å². The molecule has 262 valence electrons. The number of carbonyl (C=O) groups excluding carboxylic acids is 2. The first kappa shape index (κ1) is 38.9. The zero-order chi connectivity index (χ0) is 36.1. The number of nitrogens with zero attached hydrogens (tertiary/aromatic N) is 1. The van der Waals surface area contributed by atoms with Crippen LogP contribution in [0.5, 0.6) is 0 Å². The number of ether oxygens (including phenoxy) is 1. The molecular formula is C27H24F13N3O4. The Morgan fingerprint density at radius 1 is 0.660 bits per heavy atom. The molecule has 0 aliphatic heterocycles. The van der Waals surface area contributed by atoms with Crippen LogP contribution < -0.4 is 10.6 Å². The zero-order valence-electron chi connectivity index (χ0n) is 23.9. The molecule has 0 unspecified atom stereocenters. The van der Waals surface area contributed by atoms with Gasteiger partial charge in [0.15, 0.2) is 0 Å². The van der Waals surface area contributed by atoms with Crippen molar-refractivity contribution in [3.63, 3.8) is 0 Å². The molecule has 0 atom stereocenters. The topological polar surface area (TPSA) is 89.0 Å². The van der Waals surface area contributed by atoms with Crippen LogP contribution in [0.4, 0.5) is 78.0 Å². The van der Waals surface area contributed by atoms with Crippen LogP contribution in [0.25, 0.3) is 0 Å². The lowest BCUT2D eigenvalue weighted by Crippen LogP contribution is -2.70. The third-order valence-electron chi connectivity index (χ3n) is 6.25. The summed E-state index contributed by atoms with van der Waals surface area (Å²) in [6, 6.07) is 12.0. The van der Waals surface area contributed by atoms with Gasteiger partial charge in [-0.3, -0.25) is 15.5 Å². The van der Waals surface area contributed by atoms with E-state index < -0.39 is 61.0 Å². The Labute approximate surface area is 257 Å². The zero-order valence-corrected chi connectivity index (χ0v) is 23.9. The first-order chi connectivity index (χ1) is 21.4. The first-order valence-electron chi connectivity index (χ1n) is 13.0. The highest BCUT2D eigenvalue weighted by molar-refractivity contribution is 5.86. The second-order valence-electron chi connectivity index (χ2n) is 9.77. The second-order valence-corrected chi connectivity index (χ2v) is 9.77. The average Bonchev–Trinajstić information content (AvgIpc) is 2.96. The molecule has 2 aromatic rings. The third kappa shape index (κ3) is 8.76. The van der Waals surface area contributed by atoms with Crippen LogP contribution in [0.15, 0.2) is 53.7 Å². The van der Waals surface area contributed by atoms with Gasteiger partial charge in [-0.2, -0.15) is 57.1 Å². The fraction of sp³-hybridized carbons (Fsp3) is 0.444. The van der Waals surface area contributed by atoms with Gasteiger partial charge in [-0.15, -0.1) is 0 Å². The molecule has 2 amide bonds. The minimum atomic E-state index is -8.01. The van der Waals surface area contributed by atoms with E-state index in [0.29, 0.717) is 29.8 Å². The van der Waals surface area contributed by atoms with Gasteiger partial charge in [0.05, 0.1) is 18.7 Å². The van der Waals surface area contributed by atoms with Gasteiger partial charge in [-0.05, 0) is 55.2 Å². The smallest absolute Gasteiger partial charge is 0.449 e. The molecule has 0 aromatic heterocycles. The van der Waals surface area contributed by atoms with Crippen LogP contribution in [0.1, 0.15) is 37.8 Å². The Balaban J connectivity index is 1.94. The third-order valence-corrected chi connectivity index (χ3v) is 6.25. The van der Waals surface area contributed by atoms with E-state index in [-0.39, 0.29) is 5.69 Å². The van der Waals surface area contributed by atoms with E-state index >= 15 is 0 Å². The number of halogens is 13. The number of nitrogens with one attached hydrogen (secondary N) is 2. The summed E-state index contributed by atoms with van der Waals surface area (Å²) >= 11 is 0. The van der Waals surface area contributed by atoms with E-state index in [9.17, 15) is 66.7 Å². The van der Waals surface area contributed by atoms with Crippen molar-refractivity contribution in [2.45, 2.75) is 68.9 Å². The summed E-state index contributed by atoms with van der Waals surface area (Å²) in [7, 11) is 0.